The number of carbonyl (C=O) groups is 1. The van der Waals surface area contributed by atoms with Crippen molar-refractivity contribution in [3.05, 3.63) is 29.3 Å². The number of aryl methyl sites for hydroxylation is 1. The first-order valence-corrected chi connectivity index (χ1v) is 5.53. The Morgan fingerprint density at radius 2 is 2.00 bits per heavy atom. The lowest BCUT2D eigenvalue weighted by atomic mass is 10.1. The highest BCUT2D eigenvalue weighted by Gasteiger charge is 2.28. The number of anilines is 1. The molecule has 2 N–H and O–H groups in total. The zero-order valence-corrected chi connectivity index (χ0v) is 10.2. The van der Waals surface area contributed by atoms with Gasteiger partial charge in [0.25, 0.3) is 5.91 Å². The van der Waals surface area contributed by atoms with Crippen molar-refractivity contribution in [3.8, 4) is 0 Å². The Hall–Kier alpha value is -1.72. The molecule has 0 bridgehead atoms. The number of hydrogen-bond acceptors (Lipinski definition) is 2. The van der Waals surface area contributed by atoms with Gasteiger partial charge in [0, 0.05) is 12.2 Å². The number of rotatable bonds is 4. The van der Waals surface area contributed by atoms with Crippen LogP contribution < -0.4 is 10.6 Å². The molecule has 1 rings (SSSR count). The molecule has 18 heavy (non-hydrogen) atoms. The summed E-state index contributed by atoms with van der Waals surface area (Å²) in [7, 11) is 0. The highest BCUT2D eigenvalue weighted by atomic mass is 19.4. The molecule has 1 amide bonds. The van der Waals surface area contributed by atoms with Crippen LogP contribution in [0, 0.1) is 6.92 Å². The minimum Gasteiger partial charge on any atom is -0.385 e. The lowest BCUT2D eigenvalue weighted by Crippen LogP contribution is -2.34. The lowest BCUT2D eigenvalue weighted by molar-refractivity contribution is -0.123. The van der Waals surface area contributed by atoms with Crippen molar-refractivity contribution < 1.29 is 18.0 Å². The Balaban J connectivity index is 2.84. The molecule has 1 aromatic carbocycles. The van der Waals surface area contributed by atoms with Crippen LogP contribution in [-0.4, -0.2) is 25.2 Å². The number of alkyl halides is 3. The van der Waals surface area contributed by atoms with E-state index < -0.39 is 18.6 Å². The fourth-order valence-corrected chi connectivity index (χ4v) is 1.47. The van der Waals surface area contributed by atoms with Crippen molar-refractivity contribution in [2.24, 2.45) is 0 Å². The van der Waals surface area contributed by atoms with Crippen LogP contribution in [0.15, 0.2) is 18.2 Å². The molecule has 0 saturated carbocycles. The Kier molecular flexibility index (Phi) is 4.58. The van der Waals surface area contributed by atoms with Gasteiger partial charge in [0.2, 0.25) is 0 Å². The summed E-state index contributed by atoms with van der Waals surface area (Å²) in [5.41, 5.74) is 1.68. The Morgan fingerprint density at radius 1 is 1.33 bits per heavy atom. The number of nitrogens with one attached hydrogen (secondary N) is 2. The molecule has 0 aliphatic rings. The van der Waals surface area contributed by atoms with E-state index in [1.165, 1.54) is 6.07 Å². The largest absolute Gasteiger partial charge is 0.405 e. The van der Waals surface area contributed by atoms with E-state index in [1.54, 1.807) is 12.1 Å². The number of halogens is 3. The van der Waals surface area contributed by atoms with Gasteiger partial charge in [-0.15, -0.1) is 0 Å². The molecule has 0 fully saturated rings. The molecule has 0 atom stereocenters. The van der Waals surface area contributed by atoms with Crippen LogP contribution >= 0.6 is 0 Å². The van der Waals surface area contributed by atoms with Crippen molar-refractivity contribution in [1.29, 1.82) is 0 Å². The molecule has 3 nitrogen and oxygen atoms in total. The smallest absolute Gasteiger partial charge is 0.385 e. The third-order valence-electron chi connectivity index (χ3n) is 2.24. The summed E-state index contributed by atoms with van der Waals surface area (Å²) >= 11 is 0. The summed E-state index contributed by atoms with van der Waals surface area (Å²) < 4.78 is 36.0. The van der Waals surface area contributed by atoms with Crippen LogP contribution in [0.3, 0.4) is 0 Å². The van der Waals surface area contributed by atoms with Crippen molar-refractivity contribution in [1.82, 2.24) is 5.32 Å². The van der Waals surface area contributed by atoms with Gasteiger partial charge in [0.1, 0.15) is 6.54 Å². The highest BCUT2D eigenvalue weighted by Crippen LogP contribution is 2.18. The maximum Gasteiger partial charge on any atom is 0.405 e. The van der Waals surface area contributed by atoms with Crippen LogP contribution in [0.4, 0.5) is 18.9 Å². The Labute approximate surface area is 103 Å². The molecule has 0 radical (unpaired) electrons. The van der Waals surface area contributed by atoms with Gasteiger partial charge in [0.05, 0.1) is 5.56 Å². The van der Waals surface area contributed by atoms with E-state index in [0.717, 1.165) is 5.56 Å². The van der Waals surface area contributed by atoms with Crippen LogP contribution in [0.2, 0.25) is 0 Å². The van der Waals surface area contributed by atoms with E-state index in [0.29, 0.717) is 12.2 Å². The van der Waals surface area contributed by atoms with Crippen molar-refractivity contribution in [2.75, 3.05) is 18.4 Å². The van der Waals surface area contributed by atoms with Gasteiger partial charge < -0.3 is 10.6 Å². The van der Waals surface area contributed by atoms with E-state index in [-0.39, 0.29) is 5.56 Å². The molecular formula is C12H15F3N2O. The number of benzene rings is 1. The van der Waals surface area contributed by atoms with E-state index in [4.69, 9.17) is 0 Å². The quantitative estimate of drug-likeness (QED) is 0.874. The number of carbonyl (C=O) groups excluding carboxylic acids is 1. The molecule has 0 spiro atoms. The molecule has 0 aliphatic carbocycles. The van der Waals surface area contributed by atoms with E-state index in [9.17, 15) is 18.0 Å². The van der Waals surface area contributed by atoms with E-state index in [1.807, 2.05) is 19.2 Å². The predicted molar refractivity (Wildman–Crippen MR) is 63.7 cm³/mol. The summed E-state index contributed by atoms with van der Waals surface area (Å²) in [5.74, 6) is -0.733. The second-order valence-corrected chi connectivity index (χ2v) is 3.88. The molecule has 0 unspecified atom stereocenters. The third-order valence-corrected chi connectivity index (χ3v) is 2.24. The summed E-state index contributed by atoms with van der Waals surface area (Å²) in [6.45, 7) is 2.95. The number of amides is 1. The second-order valence-electron chi connectivity index (χ2n) is 3.88. The molecule has 0 aliphatic heterocycles. The topological polar surface area (TPSA) is 41.1 Å². The molecule has 0 aromatic heterocycles. The molecule has 0 heterocycles. The van der Waals surface area contributed by atoms with E-state index >= 15 is 0 Å². The first kappa shape index (κ1) is 14.3. The summed E-state index contributed by atoms with van der Waals surface area (Å²) in [4.78, 5) is 11.6. The normalized spacial score (nSPS) is 11.2. The Morgan fingerprint density at radius 3 is 2.56 bits per heavy atom. The fourth-order valence-electron chi connectivity index (χ4n) is 1.47. The minimum atomic E-state index is -4.40. The second kappa shape index (κ2) is 5.75. The molecular weight excluding hydrogens is 245 g/mol. The van der Waals surface area contributed by atoms with Crippen LogP contribution in [-0.2, 0) is 0 Å². The molecule has 1 aromatic rings. The van der Waals surface area contributed by atoms with Gasteiger partial charge in [-0.1, -0.05) is 6.07 Å². The standard InChI is InChI=1S/C12H15F3N2O/c1-3-16-10-6-8(2)4-5-9(10)11(18)17-7-12(13,14)15/h4-6,16H,3,7H2,1-2H3,(H,17,18). The molecule has 0 saturated heterocycles. The van der Waals surface area contributed by atoms with Gasteiger partial charge in [-0.2, -0.15) is 13.2 Å². The lowest BCUT2D eigenvalue weighted by Gasteiger charge is -2.13. The summed E-state index contributed by atoms with van der Waals surface area (Å²) in [6.07, 6.45) is -4.40. The van der Waals surface area contributed by atoms with Gasteiger partial charge in [0.15, 0.2) is 0 Å². The number of hydrogen-bond donors (Lipinski definition) is 2. The maximum absolute atomic E-state index is 12.0. The molecule has 100 valence electrons. The summed E-state index contributed by atoms with van der Waals surface area (Å²) in [6, 6.07) is 4.92. The zero-order valence-electron chi connectivity index (χ0n) is 10.2. The van der Waals surface area contributed by atoms with Gasteiger partial charge in [-0.3, -0.25) is 4.79 Å². The predicted octanol–water partition coefficient (Wildman–Crippen LogP) is 2.72. The summed E-state index contributed by atoms with van der Waals surface area (Å²) in [5, 5.41) is 4.81. The van der Waals surface area contributed by atoms with Gasteiger partial charge in [-0.25, -0.2) is 0 Å². The van der Waals surface area contributed by atoms with Gasteiger partial charge >= 0.3 is 6.18 Å². The zero-order chi connectivity index (χ0) is 13.8. The average Bonchev–Trinajstić information content (AvgIpc) is 2.25. The fraction of sp³-hybridized carbons (Fsp3) is 0.417. The van der Waals surface area contributed by atoms with Crippen molar-refractivity contribution in [3.63, 3.8) is 0 Å². The van der Waals surface area contributed by atoms with Crippen LogP contribution in [0.1, 0.15) is 22.8 Å². The minimum absolute atomic E-state index is 0.215. The highest BCUT2D eigenvalue weighted by molar-refractivity contribution is 5.99. The maximum atomic E-state index is 12.0. The monoisotopic (exact) mass is 260 g/mol. The first-order valence-electron chi connectivity index (χ1n) is 5.53. The Bertz CT molecular complexity index is 430. The van der Waals surface area contributed by atoms with Crippen molar-refractivity contribution >= 4 is 11.6 Å². The SMILES string of the molecule is CCNc1cc(C)ccc1C(=O)NCC(F)(F)F. The van der Waals surface area contributed by atoms with Crippen LogP contribution in [0.5, 0.6) is 0 Å². The average molecular weight is 260 g/mol. The molecule has 6 heteroatoms. The third kappa shape index (κ3) is 4.27. The van der Waals surface area contributed by atoms with Crippen LogP contribution in [0.25, 0.3) is 0 Å². The van der Waals surface area contributed by atoms with Gasteiger partial charge in [-0.05, 0) is 31.5 Å². The van der Waals surface area contributed by atoms with E-state index in [2.05, 4.69) is 5.32 Å². The van der Waals surface area contributed by atoms with Crippen molar-refractivity contribution in [2.45, 2.75) is 20.0 Å². The first-order chi connectivity index (χ1) is 8.33.